The van der Waals surface area contributed by atoms with Gasteiger partial charge in [0.1, 0.15) is 17.4 Å². The zero-order chi connectivity index (χ0) is 15.6. The van der Waals surface area contributed by atoms with Gasteiger partial charge in [0.25, 0.3) is 10.0 Å². The lowest BCUT2D eigenvalue weighted by molar-refractivity contribution is 0.504. The van der Waals surface area contributed by atoms with Crippen LogP contribution < -0.4 is 4.72 Å². The van der Waals surface area contributed by atoms with Gasteiger partial charge < -0.3 is 0 Å². The highest BCUT2D eigenvalue weighted by Crippen LogP contribution is 2.22. The second-order valence-corrected chi connectivity index (χ2v) is 5.64. The average Bonchev–Trinajstić information content (AvgIpc) is 2.41. The molecule has 21 heavy (non-hydrogen) atoms. The van der Waals surface area contributed by atoms with Crippen molar-refractivity contribution in [3.8, 4) is 6.07 Å². The largest absolute Gasteiger partial charge is 0.278 e. The molecule has 0 aliphatic rings. The second-order valence-electron chi connectivity index (χ2n) is 3.96. The Balaban J connectivity index is 2.45. The van der Waals surface area contributed by atoms with Crippen molar-refractivity contribution >= 4 is 15.7 Å². The second kappa shape index (κ2) is 5.46. The predicted molar refractivity (Wildman–Crippen MR) is 68.3 cm³/mol. The van der Waals surface area contributed by atoms with Gasteiger partial charge in [0.05, 0.1) is 10.6 Å². The first-order valence-electron chi connectivity index (χ1n) is 5.51. The summed E-state index contributed by atoms with van der Waals surface area (Å²) >= 11 is 0. The minimum atomic E-state index is -4.28. The number of sulfonamides is 1. The topological polar surface area (TPSA) is 70.0 Å². The molecule has 0 saturated carbocycles. The molecule has 1 N–H and O–H groups in total. The van der Waals surface area contributed by atoms with Crippen LogP contribution in [-0.2, 0) is 10.0 Å². The normalized spacial score (nSPS) is 11.0. The Morgan fingerprint density at radius 3 is 2.33 bits per heavy atom. The van der Waals surface area contributed by atoms with Crippen molar-refractivity contribution in [2.45, 2.75) is 4.90 Å². The maximum absolute atomic E-state index is 13.4. The molecule has 0 spiro atoms. The summed E-state index contributed by atoms with van der Waals surface area (Å²) in [4.78, 5) is -0.547. The molecule has 0 saturated heterocycles. The quantitative estimate of drug-likeness (QED) is 0.947. The Kier molecular flexibility index (Phi) is 3.86. The summed E-state index contributed by atoms with van der Waals surface area (Å²) in [7, 11) is -4.28. The van der Waals surface area contributed by atoms with E-state index in [4.69, 9.17) is 5.26 Å². The molecule has 2 rings (SSSR count). The van der Waals surface area contributed by atoms with Gasteiger partial charge in [0.15, 0.2) is 11.6 Å². The molecule has 0 unspecified atom stereocenters. The van der Waals surface area contributed by atoms with Crippen LogP contribution in [0.4, 0.5) is 18.9 Å². The molecule has 8 heteroatoms. The van der Waals surface area contributed by atoms with Crippen LogP contribution >= 0.6 is 0 Å². The van der Waals surface area contributed by atoms with Gasteiger partial charge >= 0.3 is 0 Å². The molecule has 4 nitrogen and oxygen atoms in total. The Morgan fingerprint density at radius 2 is 1.71 bits per heavy atom. The van der Waals surface area contributed by atoms with E-state index >= 15 is 0 Å². The van der Waals surface area contributed by atoms with Crippen molar-refractivity contribution < 1.29 is 21.6 Å². The first-order chi connectivity index (χ1) is 9.85. The summed E-state index contributed by atoms with van der Waals surface area (Å²) in [5, 5.41) is 8.81. The van der Waals surface area contributed by atoms with Crippen LogP contribution in [0.2, 0.25) is 0 Å². The van der Waals surface area contributed by atoms with Crippen molar-refractivity contribution in [2.75, 3.05) is 4.72 Å². The van der Waals surface area contributed by atoms with Gasteiger partial charge in [-0.25, -0.2) is 21.6 Å². The summed E-state index contributed by atoms with van der Waals surface area (Å²) in [6.45, 7) is 0. The molecule has 0 amide bonds. The highest BCUT2D eigenvalue weighted by molar-refractivity contribution is 7.92. The molecule has 0 aliphatic carbocycles. The molecule has 0 bridgehead atoms. The smallest absolute Gasteiger partial charge is 0.262 e. The van der Waals surface area contributed by atoms with Crippen molar-refractivity contribution in [1.29, 1.82) is 5.26 Å². The van der Waals surface area contributed by atoms with Gasteiger partial charge in [-0.2, -0.15) is 5.26 Å². The van der Waals surface area contributed by atoms with Gasteiger partial charge in [0.2, 0.25) is 0 Å². The maximum atomic E-state index is 13.4. The fourth-order valence-electron chi connectivity index (χ4n) is 1.57. The Bertz CT molecular complexity index is 845. The number of nitrogens with one attached hydrogen (secondary N) is 1. The first-order valence-corrected chi connectivity index (χ1v) is 7.00. The van der Waals surface area contributed by atoms with E-state index in [1.54, 1.807) is 0 Å². The Morgan fingerprint density at radius 1 is 1.00 bits per heavy atom. The maximum Gasteiger partial charge on any atom is 0.262 e. The minimum Gasteiger partial charge on any atom is -0.278 e. The summed E-state index contributed by atoms with van der Waals surface area (Å²) in [6.07, 6.45) is 0. The van der Waals surface area contributed by atoms with E-state index in [-0.39, 0.29) is 5.69 Å². The highest BCUT2D eigenvalue weighted by atomic mass is 32.2. The third kappa shape index (κ3) is 2.98. The lowest BCUT2D eigenvalue weighted by Crippen LogP contribution is -2.14. The molecule has 2 aromatic carbocycles. The van der Waals surface area contributed by atoms with Crippen molar-refractivity contribution in [3.63, 3.8) is 0 Å². The molecule has 0 heterocycles. The summed E-state index contributed by atoms with van der Waals surface area (Å²) in [5.74, 6) is -3.43. The number of nitrogens with zero attached hydrogens (tertiary/aromatic N) is 1. The Labute approximate surface area is 118 Å². The summed E-state index contributed by atoms with van der Waals surface area (Å²) in [5.41, 5.74) is -0.786. The van der Waals surface area contributed by atoms with E-state index in [9.17, 15) is 21.6 Å². The molecule has 0 fully saturated rings. The molecular formula is C13H7F3N2O2S. The number of hydrogen-bond donors (Lipinski definition) is 1. The van der Waals surface area contributed by atoms with Gasteiger partial charge in [0, 0.05) is 0 Å². The van der Waals surface area contributed by atoms with E-state index in [1.165, 1.54) is 18.2 Å². The first kappa shape index (κ1) is 14.9. The number of benzene rings is 2. The standard InChI is InChI=1S/C13H7F3N2O2S/c14-10-2-1-3-13(9(10)7-17)18-21(19,20)8-4-5-11(15)12(16)6-8/h1-6,18H. The van der Waals surface area contributed by atoms with Crippen molar-refractivity contribution in [2.24, 2.45) is 0 Å². The van der Waals surface area contributed by atoms with Crippen molar-refractivity contribution in [1.82, 2.24) is 0 Å². The molecule has 108 valence electrons. The zero-order valence-corrected chi connectivity index (χ0v) is 11.1. The number of halogens is 3. The molecule has 0 aliphatic heterocycles. The highest BCUT2D eigenvalue weighted by Gasteiger charge is 2.19. The fourth-order valence-corrected chi connectivity index (χ4v) is 2.65. The SMILES string of the molecule is N#Cc1c(F)cccc1NS(=O)(=O)c1ccc(F)c(F)c1. The molecule has 2 aromatic rings. The molecule has 0 aromatic heterocycles. The van der Waals surface area contributed by atoms with Crippen LogP contribution in [0.25, 0.3) is 0 Å². The van der Waals surface area contributed by atoms with Crippen LogP contribution in [0.3, 0.4) is 0 Å². The van der Waals surface area contributed by atoms with Gasteiger partial charge in [-0.05, 0) is 30.3 Å². The van der Waals surface area contributed by atoms with Crippen LogP contribution in [0.1, 0.15) is 5.56 Å². The third-order valence-corrected chi connectivity index (χ3v) is 3.93. The summed E-state index contributed by atoms with van der Waals surface area (Å²) in [6, 6.07) is 6.90. The van der Waals surface area contributed by atoms with Crippen molar-refractivity contribution in [3.05, 3.63) is 59.4 Å². The van der Waals surface area contributed by atoms with E-state index in [1.807, 2.05) is 4.72 Å². The van der Waals surface area contributed by atoms with Crippen LogP contribution in [0, 0.1) is 28.8 Å². The van der Waals surface area contributed by atoms with Gasteiger partial charge in [-0.1, -0.05) is 6.07 Å². The van der Waals surface area contributed by atoms with E-state index in [0.29, 0.717) is 12.1 Å². The van der Waals surface area contributed by atoms with Crippen LogP contribution in [0.5, 0.6) is 0 Å². The van der Waals surface area contributed by atoms with E-state index < -0.39 is 37.9 Å². The van der Waals surface area contributed by atoms with E-state index in [2.05, 4.69) is 0 Å². The summed E-state index contributed by atoms with van der Waals surface area (Å²) < 4.78 is 65.2. The van der Waals surface area contributed by atoms with Crippen LogP contribution in [-0.4, -0.2) is 8.42 Å². The lowest BCUT2D eigenvalue weighted by Gasteiger charge is -2.10. The number of hydrogen-bond acceptors (Lipinski definition) is 3. The van der Waals surface area contributed by atoms with Gasteiger partial charge in [-0.3, -0.25) is 4.72 Å². The molecule has 0 atom stereocenters. The Hall–Kier alpha value is -2.53. The fraction of sp³-hybridized carbons (Fsp3) is 0. The number of rotatable bonds is 3. The molecular weight excluding hydrogens is 305 g/mol. The third-order valence-electron chi connectivity index (χ3n) is 2.57. The zero-order valence-electron chi connectivity index (χ0n) is 10.3. The van der Waals surface area contributed by atoms with Crippen LogP contribution in [0.15, 0.2) is 41.3 Å². The lowest BCUT2D eigenvalue weighted by atomic mass is 10.2. The van der Waals surface area contributed by atoms with Gasteiger partial charge in [-0.15, -0.1) is 0 Å². The monoisotopic (exact) mass is 312 g/mol. The predicted octanol–water partition coefficient (Wildman–Crippen LogP) is 2.78. The van der Waals surface area contributed by atoms with E-state index in [0.717, 1.165) is 12.1 Å². The number of anilines is 1. The minimum absolute atomic E-state index is 0.290. The average molecular weight is 312 g/mol. The number of nitriles is 1. The molecule has 0 radical (unpaired) electrons.